The fourth-order valence-corrected chi connectivity index (χ4v) is 4.58. The van der Waals surface area contributed by atoms with Crippen LogP contribution in [-0.2, 0) is 11.3 Å². The number of carbonyl (C=O) groups excluding carboxylic acids is 1. The fourth-order valence-electron chi connectivity index (χ4n) is 3.70. The molecular formula is C20H27N3O2S. The molecule has 2 aromatic rings. The number of para-hydroxylation sites is 1. The van der Waals surface area contributed by atoms with Gasteiger partial charge in [0.15, 0.2) is 5.16 Å². The van der Waals surface area contributed by atoms with Crippen molar-refractivity contribution in [2.75, 3.05) is 5.75 Å². The summed E-state index contributed by atoms with van der Waals surface area (Å²) in [5.41, 5.74) is 0.635. The molecule has 1 aromatic heterocycles. The van der Waals surface area contributed by atoms with E-state index < -0.39 is 0 Å². The molecule has 0 saturated heterocycles. The number of nitrogens with zero attached hydrogens (tertiary/aromatic N) is 2. The number of hydrogen-bond acceptors (Lipinski definition) is 4. The number of thioether (sulfide) groups is 1. The smallest absolute Gasteiger partial charge is 0.262 e. The Morgan fingerprint density at radius 1 is 1.31 bits per heavy atom. The number of fused-ring (bicyclic) bond motifs is 1. The maximum Gasteiger partial charge on any atom is 0.262 e. The largest absolute Gasteiger partial charge is 0.352 e. The van der Waals surface area contributed by atoms with Gasteiger partial charge in [-0.3, -0.25) is 14.2 Å². The number of carbonyl (C=O) groups is 1. The van der Waals surface area contributed by atoms with Crippen molar-refractivity contribution in [3.63, 3.8) is 0 Å². The number of nitrogens with one attached hydrogen (secondary N) is 1. The van der Waals surface area contributed by atoms with E-state index in [0.29, 0.717) is 34.4 Å². The van der Waals surface area contributed by atoms with E-state index in [-0.39, 0.29) is 23.3 Å². The monoisotopic (exact) mass is 373 g/mol. The molecular weight excluding hydrogens is 346 g/mol. The Hall–Kier alpha value is -1.82. The molecule has 3 atom stereocenters. The molecule has 1 fully saturated rings. The topological polar surface area (TPSA) is 64.0 Å². The molecule has 3 rings (SSSR count). The van der Waals surface area contributed by atoms with E-state index in [0.717, 1.165) is 6.42 Å². The first-order valence-electron chi connectivity index (χ1n) is 9.43. The maximum absolute atomic E-state index is 12.6. The Balaban J connectivity index is 1.71. The third-order valence-electron chi connectivity index (χ3n) is 5.53. The standard InChI is InChI=1S/C20H27N3O2S/c1-4-23-19(25)15-9-5-6-10-17(15)22-20(23)26-12-18(24)21-16-11-7-8-13(2)14(16)3/h5-6,9-10,13-14,16H,4,7-8,11-12H2,1-3H3,(H,21,24). The van der Waals surface area contributed by atoms with Gasteiger partial charge in [-0.2, -0.15) is 0 Å². The van der Waals surface area contributed by atoms with Crippen molar-refractivity contribution in [3.05, 3.63) is 34.6 Å². The van der Waals surface area contributed by atoms with Gasteiger partial charge in [0.2, 0.25) is 5.91 Å². The summed E-state index contributed by atoms with van der Waals surface area (Å²) in [5, 5.41) is 4.41. The van der Waals surface area contributed by atoms with Crippen LogP contribution in [0.1, 0.15) is 40.0 Å². The van der Waals surface area contributed by atoms with Gasteiger partial charge in [0.1, 0.15) is 0 Å². The van der Waals surface area contributed by atoms with Crippen molar-refractivity contribution in [1.29, 1.82) is 0 Å². The van der Waals surface area contributed by atoms with Crippen LogP contribution in [0.2, 0.25) is 0 Å². The zero-order valence-electron chi connectivity index (χ0n) is 15.7. The minimum Gasteiger partial charge on any atom is -0.352 e. The molecule has 1 aliphatic rings. The van der Waals surface area contributed by atoms with Crippen LogP contribution in [0.3, 0.4) is 0 Å². The molecule has 1 N–H and O–H groups in total. The van der Waals surface area contributed by atoms with Crippen molar-refractivity contribution in [2.24, 2.45) is 11.8 Å². The first kappa shape index (κ1) is 19.0. The quantitative estimate of drug-likeness (QED) is 0.644. The highest BCUT2D eigenvalue weighted by Crippen LogP contribution is 2.29. The van der Waals surface area contributed by atoms with E-state index in [9.17, 15) is 9.59 Å². The van der Waals surface area contributed by atoms with Crippen LogP contribution in [-0.4, -0.2) is 27.3 Å². The third-order valence-corrected chi connectivity index (χ3v) is 6.50. The summed E-state index contributed by atoms with van der Waals surface area (Å²) in [5.74, 6) is 1.45. The number of rotatable bonds is 5. The van der Waals surface area contributed by atoms with Crippen LogP contribution < -0.4 is 10.9 Å². The second kappa shape index (κ2) is 8.25. The molecule has 1 amide bonds. The zero-order chi connectivity index (χ0) is 18.7. The van der Waals surface area contributed by atoms with Gasteiger partial charge in [-0.1, -0.05) is 50.6 Å². The second-order valence-corrected chi connectivity index (χ2v) is 8.13. The van der Waals surface area contributed by atoms with Crippen LogP contribution in [0.25, 0.3) is 10.9 Å². The molecule has 6 heteroatoms. The average molecular weight is 374 g/mol. The minimum absolute atomic E-state index is 0.0195. The van der Waals surface area contributed by atoms with Crippen LogP contribution in [0.15, 0.2) is 34.2 Å². The molecule has 1 heterocycles. The highest BCUT2D eigenvalue weighted by molar-refractivity contribution is 7.99. The highest BCUT2D eigenvalue weighted by Gasteiger charge is 2.28. The van der Waals surface area contributed by atoms with Crippen molar-refractivity contribution in [2.45, 2.75) is 57.8 Å². The molecule has 1 saturated carbocycles. The molecule has 3 unspecified atom stereocenters. The van der Waals surface area contributed by atoms with E-state index in [1.165, 1.54) is 24.6 Å². The lowest BCUT2D eigenvalue weighted by Crippen LogP contribution is -2.44. The van der Waals surface area contributed by atoms with Crippen LogP contribution >= 0.6 is 11.8 Å². The zero-order valence-corrected chi connectivity index (χ0v) is 16.5. The number of benzene rings is 1. The summed E-state index contributed by atoms with van der Waals surface area (Å²) < 4.78 is 1.64. The summed E-state index contributed by atoms with van der Waals surface area (Å²) in [4.78, 5) is 29.7. The van der Waals surface area contributed by atoms with Crippen molar-refractivity contribution < 1.29 is 4.79 Å². The molecule has 0 aliphatic heterocycles. The van der Waals surface area contributed by atoms with Gasteiger partial charge >= 0.3 is 0 Å². The lowest BCUT2D eigenvalue weighted by molar-refractivity contribution is -0.120. The van der Waals surface area contributed by atoms with Crippen LogP contribution in [0, 0.1) is 11.8 Å². The SMILES string of the molecule is CCn1c(SCC(=O)NC2CCCC(C)C2C)nc2ccccc2c1=O. The molecule has 0 spiro atoms. The van der Waals surface area contributed by atoms with E-state index in [1.54, 1.807) is 10.6 Å². The molecule has 5 nitrogen and oxygen atoms in total. The van der Waals surface area contributed by atoms with Gasteiger partial charge in [0.25, 0.3) is 5.56 Å². The summed E-state index contributed by atoms with van der Waals surface area (Å²) in [7, 11) is 0. The van der Waals surface area contributed by atoms with Crippen molar-refractivity contribution >= 4 is 28.6 Å². The maximum atomic E-state index is 12.6. The van der Waals surface area contributed by atoms with E-state index in [4.69, 9.17) is 0 Å². The minimum atomic E-state index is -0.0456. The van der Waals surface area contributed by atoms with Crippen LogP contribution in [0.5, 0.6) is 0 Å². The lowest BCUT2D eigenvalue weighted by atomic mass is 9.78. The Labute approximate surface area is 158 Å². The summed E-state index contributed by atoms with van der Waals surface area (Å²) in [6, 6.07) is 7.61. The van der Waals surface area contributed by atoms with Gasteiger partial charge in [0.05, 0.1) is 16.7 Å². The van der Waals surface area contributed by atoms with Gasteiger partial charge in [0, 0.05) is 12.6 Å². The van der Waals surface area contributed by atoms with E-state index >= 15 is 0 Å². The third kappa shape index (κ3) is 3.95. The molecule has 0 radical (unpaired) electrons. The Morgan fingerprint density at radius 3 is 2.85 bits per heavy atom. The van der Waals surface area contributed by atoms with Crippen molar-refractivity contribution in [3.8, 4) is 0 Å². The normalized spacial score (nSPS) is 23.1. The molecule has 1 aliphatic carbocycles. The molecule has 26 heavy (non-hydrogen) atoms. The predicted octanol–water partition coefficient (Wildman–Crippen LogP) is 3.45. The summed E-state index contributed by atoms with van der Waals surface area (Å²) in [6.07, 6.45) is 3.47. The Morgan fingerprint density at radius 2 is 2.08 bits per heavy atom. The van der Waals surface area contributed by atoms with Gasteiger partial charge in [-0.05, 0) is 37.3 Å². The lowest BCUT2D eigenvalue weighted by Gasteiger charge is -2.34. The van der Waals surface area contributed by atoms with Gasteiger partial charge in [-0.15, -0.1) is 0 Å². The average Bonchev–Trinajstić information content (AvgIpc) is 2.64. The highest BCUT2D eigenvalue weighted by atomic mass is 32.2. The second-order valence-electron chi connectivity index (χ2n) is 7.19. The Kier molecular flexibility index (Phi) is 6.01. The predicted molar refractivity (Wildman–Crippen MR) is 107 cm³/mol. The van der Waals surface area contributed by atoms with Crippen molar-refractivity contribution in [1.82, 2.24) is 14.9 Å². The van der Waals surface area contributed by atoms with E-state index in [2.05, 4.69) is 24.1 Å². The first-order valence-corrected chi connectivity index (χ1v) is 10.4. The first-order chi connectivity index (χ1) is 12.5. The number of amides is 1. The molecule has 140 valence electrons. The van der Waals surface area contributed by atoms with Gasteiger partial charge < -0.3 is 5.32 Å². The summed E-state index contributed by atoms with van der Waals surface area (Å²) >= 11 is 1.34. The number of aromatic nitrogens is 2. The molecule has 1 aromatic carbocycles. The Bertz CT molecular complexity index is 849. The fraction of sp³-hybridized carbons (Fsp3) is 0.550. The van der Waals surface area contributed by atoms with E-state index in [1.807, 2.05) is 25.1 Å². The van der Waals surface area contributed by atoms with Gasteiger partial charge in [-0.25, -0.2) is 4.98 Å². The summed E-state index contributed by atoms with van der Waals surface area (Å²) in [6.45, 7) is 6.95. The van der Waals surface area contributed by atoms with Crippen LogP contribution in [0.4, 0.5) is 0 Å². The number of hydrogen-bond donors (Lipinski definition) is 1. The molecule has 0 bridgehead atoms.